The standard InChI is InChI=1S/C13H15N3O/c14-12-6-1-3-9-8-15-16(13(9)12)10-4-2-5-11(17)7-10/h2,4-5,7-8,12,17H,1,3,6,14H2. The van der Waals surface area contributed by atoms with E-state index in [2.05, 4.69) is 5.10 Å². The molecule has 0 radical (unpaired) electrons. The predicted molar refractivity (Wildman–Crippen MR) is 65.1 cm³/mol. The van der Waals surface area contributed by atoms with Crippen LogP contribution in [0.15, 0.2) is 30.5 Å². The fraction of sp³-hybridized carbons (Fsp3) is 0.308. The van der Waals surface area contributed by atoms with Crippen molar-refractivity contribution in [2.45, 2.75) is 25.3 Å². The van der Waals surface area contributed by atoms with Crippen LogP contribution in [0.2, 0.25) is 0 Å². The lowest BCUT2D eigenvalue weighted by Crippen LogP contribution is -2.20. The molecule has 1 aliphatic carbocycles. The van der Waals surface area contributed by atoms with E-state index in [0.717, 1.165) is 30.6 Å². The highest BCUT2D eigenvalue weighted by atomic mass is 16.3. The Bertz CT molecular complexity index is 547. The number of nitrogens with zero attached hydrogens (tertiary/aromatic N) is 2. The zero-order valence-corrected chi connectivity index (χ0v) is 9.50. The number of aryl methyl sites for hydroxylation is 1. The molecular formula is C13H15N3O. The number of phenols is 1. The van der Waals surface area contributed by atoms with Gasteiger partial charge in [-0.2, -0.15) is 5.10 Å². The topological polar surface area (TPSA) is 64.1 Å². The molecule has 88 valence electrons. The number of rotatable bonds is 1. The molecule has 1 heterocycles. The van der Waals surface area contributed by atoms with Crippen molar-refractivity contribution in [1.29, 1.82) is 0 Å². The van der Waals surface area contributed by atoms with Gasteiger partial charge in [0.25, 0.3) is 0 Å². The molecule has 0 saturated carbocycles. The van der Waals surface area contributed by atoms with Gasteiger partial charge < -0.3 is 10.8 Å². The van der Waals surface area contributed by atoms with Gasteiger partial charge in [-0.1, -0.05) is 6.07 Å². The summed E-state index contributed by atoms with van der Waals surface area (Å²) in [5.41, 5.74) is 9.32. The first-order valence-corrected chi connectivity index (χ1v) is 5.87. The van der Waals surface area contributed by atoms with Crippen LogP contribution in [0.4, 0.5) is 0 Å². The fourth-order valence-electron chi connectivity index (χ4n) is 2.46. The summed E-state index contributed by atoms with van der Waals surface area (Å²) in [5, 5.41) is 13.9. The fourth-order valence-corrected chi connectivity index (χ4v) is 2.46. The molecular weight excluding hydrogens is 214 g/mol. The van der Waals surface area contributed by atoms with Crippen LogP contribution in [0.3, 0.4) is 0 Å². The second kappa shape index (κ2) is 3.89. The van der Waals surface area contributed by atoms with E-state index in [9.17, 15) is 5.11 Å². The number of fused-ring (bicyclic) bond motifs is 1. The van der Waals surface area contributed by atoms with Crippen molar-refractivity contribution < 1.29 is 5.11 Å². The van der Waals surface area contributed by atoms with Crippen molar-refractivity contribution >= 4 is 0 Å². The van der Waals surface area contributed by atoms with Gasteiger partial charge in [0, 0.05) is 12.1 Å². The van der Waals surface area contributed by atoms with Crippen LogP contribution < -0.4 is 5.73 Å². The molecule has 0 fully saturated rings. The number of aromatic hydroxyl groups is 1. The molecule has 4 nitrogen and oxygen atoms in total. The Labute approximate surface area is 99.7 Å². The van der Waals surface area contributed by atoms with E-state index in [-0.39, 0.29) is 11.8 Å². The Balaban J connectivity index is 2.13. The van der Waals surface area contributed by atoms with Crippen LogP contribution in [0.25, 0.3) is 5.69 Å². The smallest absolute Gasteiger partial charge is 0.117 e. The molecule has 17 heavy (non-hydrogen) atoms. The van der Waals surface area contributed by atoms with Gasteiger partial charge in [0.15, 0.2) is 0 Å². The van der Waals surface area contributed by atoms with Gasteiger partial charge in [-0.05, 0) is 37.0 Å². The molecule has 1 aliphatic rings. The maximum Gasteiger partial charge on any atom is 0.117 e. The third kappa shape index (κ3) is 1.70. The lowest BCUT2D eigenvalue weighted by atomic mass is 9.94. The second-order valence-corrected chi connectivity index (χ2v) is 4.49. The van der Waals surface area contributed by atoms with Crippen molar-refractivity contribution in [3.05, 3.63) is 41.7 Å². The van der Waals surface area contributed by atoms with Crippen molar-refractivity contribution in [3.63, 3.8) is 0 Å². The lowest BCUT2D eigenvalue weighted by Gasteiger charge is -2.20. The quantitative estimate of drug-likeness (QED) is 0.785. The number of phenolic OH excluding ortho intramolecular Hbond substituents is 1. The van der Waals surface area contributed by atoms with Gasteiger partial charge in [0.2, 0.25) is 0 Å². The molecule has 1 aromatic carbocycles. The van der Waals surface area contributed by atoms with Crippen LogP contribution in [0.5, 0.6) is 5.75 Å². The molecule has 0 amide bonds. The first-order chi connectivity index (χ1) is 8.25. The molecule has 1 aromatic heterocycles. The molecule has 0 aliphatic heterocycles. The largest absolute Gasteiger partial charge is 0.508 e. The average Bonchev–Trinajstić information content (AvgIpc) is 2.74. The second-order valence-electron chi connectivity index (χ2n) is 4.49. The highest BCUT2D eigenvalue weighted by Crippen LogP contribution is 2.30. The highest BCUT2D eigenvalue weighted by Gasteiger charge is 2.22. The Hall–Kier alpha value is -1.81. The molecule has 0 saturated heterocycles. The summed E-state index contributed by atoms with van der Waals surface area (Å²) in [5.74, 6) is 0.246. The van der Waals surface area contributed by atoms with Gasteiger partial charge in [-0.3, -0.25) is 0 Å². The first kappa shape index (κ1) is 10.4. The van der Waals surface area contributed by atoms with E-state index in [4.69, 9.17) is 5.73 Å². The minimum Gasteiger partial charge on any atom is -0.508 e. The third-order valence-electron chi connectivity index (χ3n) is 3.27. The van der Waals surface area contributed by atoms with Crippen LogP contribution in [-0.4, -0.2) is 14.9 Å². The number of nitrogens with two attached hydrogens (primary N) is 1. The van der Waals surface area contributed by atoms with E-state index in [1.165, 1.54) is 5.56 Å². The van der Waals surface area contributed by atoms with Crippen LogP contribution in [0.1, 0.15) is 30.1 Å². The zero-order valence-electron chi connectivity index (χ0n) is 9.50. The predicted octanol–water partition coefficient (Wildman–Crippen LogP) is 1.91. The molecule has 1 atom stereocenters. The summed E-state index contributed by atoms with van der Waals surface area (Å²) < 4.78 is 1.85. The molecule has 3 rings (SSSR count). The van der Waals surface area contributed by atoms with E-state index >= 15 is 0 Å². The summed E-state index contributed by atoms with van der Waals surface area (Å²) >= 11 is 0. The number of hydrogen-bond donors (Lipinski definition) is 2. The van der Waals surface area contributed by atoms with Gasteiger partial charge in [-0.15, -0.1) is 0 Å². The van der Waals surface area contributed by atoms with E-state index < -0.39 is 0 Å². The number of aromatic nitrogens is 2. The maximum atomic E-state index is 9.51. The Morgan fingerprint density at radius 2 is 2.29 bits per heavy atom. The molecule has 1 unspecified atom stereocenters. The van der Waals surface area contributed by atoms with Gasteiger partial charge >= 0.3 is 0 Å². The van der Waals surface area contributed by atoms with Crippen molar-refractivity contribution in [2.75, 3.05) is 0 Å². The summed E-state index contributed by atoms with van der Waals surface area (Å²) in [6.07, 6.45) is 5.05. The van der Waals surface area contributed by atoms with Crippen LogP contribution in [-0.2, 0) is 6.42 Å². The van der Waals surface area contributed by atoms with Gasteiger partial charge in [0.05, 0.1) is 17.6 Å². The van der Waals surface area contributed by atoms with Gasteiger partial charge in [-0.25, -0.2) is 4.68 Å². The normalized spacial score (nSPS) is 19.0. The van der Waals surface area contributed by atoms with Crippen molar-refractivity contribution in [1.82, 2.24) is 9.78 Å². The third-order valence-corrected chi connectivity index (χ3v) is 3.27. The van der Waals surface area contributed by atoms with E-state index in [0.29, 0.717) is 0 Å². The summed E-state index contributed by atoms with van der Waals surface area (Å²) in [4.78, 5) is 0. The molecule has 3 N–H and O–H groups in total. The average molecular weight is 229 g/mol. The monoisotopic (exact) mass is 229 g/mol. The highest BCUT2D eigenvalue weighted by molar-refractivity contribution is 5.41. The first-order valence-electron chi connectivity index (χ1n) is 5.87. The van der Waals surface area contributed by atoms with Crippen molar-refractivity contribution in [2.24, 2.45) is 5.73 Å². The zero-order chi connectivity index (χ0) is 11.8. The number of hydrogen-bond acceptors (Lipinski definition) is 3. The summed E-state index contributed by atoms with van der Waals surface area (Å²) in [7, 11) is 0. The SMILES string of the molecule is NC1CCCc2cnn(-c3cccc(O)c3)c21. The minimum absolute atomic E-state index is 0.0450. The van der Waals surface area contributed by atoms with Crippen LogP contribution >= 0.6 is 0 Å². The van der Waals surface area contributed by atoms with E-state index in [1.54, 1.807) is 12.1 Å². The molecule has 0 bridgehead atoms. The molecule has 0 spiro atoms. The maximum absolute atomic E-state index is 9.51. The Morgan fingerprint density at radius 3 is 3.12 bits per heavy atom. The van der Waals surface area contributed by atoms with Crippen molar-refractivity contribution in [3.8, 4) is 11.4 Å². The Kier molecular flexibility index (Phi) is 2.37. The Morgan fingerprint density at radius 1 is 1.41 bits per heavy atom. The summed E-state index contributed by atoms with van der Waals surface area (Å²) in [6.45, 7) is 0. The molecule has 4 heteroatoms. The molecule has 2 aromatic rings. The lowest BCUT2D eigenvalue weighted by molar-refractivity contribution is 0.474. The van der Waals surface area contributed by atoms with Gasteiger partial charge in [0.1, 0.15) is 5.75 Å². The summed E-state index contributed by atoms with van der Waals surface area (Å²) in [6, 6.07) is 7.14. The number of benzene rings is 1. The van der Waals surface area contributed by atoms with Crippen LogP contribution in [0, 0.1) is 0 Å². The minimum atomic E-state index is 0.0450. The van der Waals surface area contributed by atoms with E-state index in [1.807, 2.05) is 23.0 Å².